The van der Waals surface area contributed by atoms with Crippen LogP contribution in [0.4, 0.5) is 0 Å². The average Bonchev–Trinajstić information content (AvgIpc) is 2.31. The van der Waals surface area contributed by atoms with Crippen LogP contribution in [0.2, 0.25) is 0 Å². The minimum Gasteiger partial charge on any atom is -0.393 e. The van der Waals surface area contributed by atoms with Gasteiger partial charge in [0, 0.05) is 0 Å². The number of hydrogen-bond donors (Lipinski definition) is 2. The molecule has 2 heteroatoms. The van der Waals surface area contributed by atoms with Crippen molar-refractivity contribution in [3.8, 4) is 0 Å². The molecule has 0 aliphatic heterocycles. The van der Waals surface area contributed by atoms with E-state index in [0.29, 0.717) is 5.92 Å². The molecule has 1 aliphatic rings. The van der Waals surface area contributed by atoms with Crippen molar-refractivity contribution in [1.29, 1.82) is 0 Å². The van der Waals surface area contributed by atoms with E-state index in [1.54, 1.807) is 0 Å². The van der Waals surface area contributed by atoms with Gasteiger partial charge >= 0.3 is 0 Å². The minimum atomic E-state index is -0.0217. The second-order valence-corrected chi connectivity index (χ2v) is 3.19. The molecule has 1 aliphatic carbocycles. The van der Waals surface area contributed by atoms with Gasteiger partial charge in [-0.3, -0.25) is 0 Å². The minimum absolute atomic E-state index is 0.0217. The van der Waals surface area contributed by atoms with Gasteiger partial charge in [0.05, 0.1) is 6.10 Å². The zero-order valence-corrected chi connectivity index (χ0v) is 6.42. The van der Waals surface area contributed by atoms with Crippen molar-refractivity contribution in [2.24, 2.45) is 11.7 Å². The van der Waals surface area contributed by atoms with Crippen molar-refractivity contribution in [2.45, 2.75) is 38.2 Å². The number of nitrogens with two attached hydrogens (primary N) is 1. The molecule has 1 saturated carbocycles. The van der Waals surface area contributed by atoms with Crippen molar-refractivity contribution in [3.63, 3.8) is 0 Å². The first-order chi connectivity index (χ1) is 4.84. The standard InChI is InChI=1S/C8H17NO/c9-6-2-4-7-3-1-5-8(7)10/h7-8,10H,1-6,9H2/t7-,8+/m0/s1. The van der Waals surface area contributed by atoms with E-state index in [1.807, 2.05) is 0 Å². The Morgan fingerprint density at radius 3 is 2.70 bits per heavy atom. The summed E-state index contributed by atoms with van der Waals surface area (Å²) in [6.07, 6.45) is 5.60. The van der Waals surface area contributed by atoms with E-state index in [-0.39, 0.29) is 6.10 Å². The first-order valence-corrected chi connectivity index (χ1v) is 4.22. The third-order valence-electron chi connectivity index (χ3n) is 2.40. The van der Waals surface area contributed by atoms with Gasteiger partial charge in [-0.1, -0.05) is 6.42 Å². The summed E-state index contributed by atoms with van der Waals surface area (Å²) >= 11 is 0. The molecule has 0 saturated heterocycles. The van der Waals surface area contributed by atoms with E-state index >= 15 is 0 Å². The summed E-state index contributed by atoms with van der Waals surface area (Å²) in [4.78, 5) is 0. The molecule has 0 aromatic rings. The maximum absolute atomic E-state index is 9.37. The summed E-state index contributed by atoms with van der Waals surface area (Å²) < 4.78 is 0. The summed E-state index contributed by atoms with van der Waals surface area (Å²) in [5.74, 6) is 0.559. The smallest absolute Gasteiger partial charge is 0.0568 e. The molecule has 0 spiro atoms. The Kier molecular flexibility index (Phi) is 3.16. The van der Waals surface area contributed by atoms with Crippen LogP contribution in [0.3, 0.4) is 0 Å². The molecule has 1 fully saturated rings. The molecule has 0 amide bonds. The summed E-state index contributed by atoms with van der Waals surface area (Å²) in [6, 6.07) is 0. The van der Waals surface area contributed by atoms with Crippen LogP contribution in [-0.2, 0) is 0 Å². The third kappa shape index (κ3) is 1.96. The highest BCUT2D eigenvalue weighted by Crippen LogP contribution is 2.28. The van der Waals surface area contributed by atoms with Gasteiger partial charge in [-0.25, -0.2) is 0 Å². The van der Waals surface area contributed by atoms with Gasteiger partial charge in [0.25, 0.3) is 0 Å². The lowest BCUT2D eigenvalue weighted by atomic mass is 10.00. The Labute approximate surface area is 62.4 Å². The van der Waals surface area contributed by atoms with Crippen LogP contribution in [0.25, 0.3) is 0 Å². The van der Waals surface area contributed by atoms with E-state index in [9.17, 15) is 5.11 Å². The van der Waals surface area contributed by atoms with E-state index in [2.05, 4.69) is 0 Å². The first kappa shape index (κ1) is 8.02. The van der Waals surface area contributed by atoms with Crippen LogP contribution < -0.4 is 5.73 Å². The molecule has 3 N–H and O–H groups in total. The van der Waals surface area contributed by atoms with Crippen molar-refractivity contribution in [1.82, 2.24) is 0 Å². The third-order valence-corrected chi connectivity index (χ3v) is 2.40. The molecule has 0 aromatic heterocycles. The Morgan fingerprint density at radius 2 is 2.20 bits per heavy atom. The maximum atomic E-state index is 9.37. The molecule has 0 unspecified atom stereocenters. The van der Waals surface area contributed by atoms with Crippen molar-refractivity contribution >= 4 is 0 Å². The lowest BCUT2D eigenvalue weighted by molar-refractivity contribution is 0.127. The van der Waals surface area contributed by atoms with Crippen molar-refractivity contribution in [2.75, 3.05) is 6.54 Å². The number of aliphatic hydroxyl groups excluding tert-OH is 1. The normalized spacial score (nSPS) is 33.0. The summed E-state index contributed by atoms with van der Waals surface area (Å²) in [7, 11) is 0. The predicted octanol–water partition coefficient (Wildman–Crippen LogP) is 0.886. The van der Waals surface area contributed by atoms with Crippen LogP contribution in [-0.4, -0.2) is 17.8 Å². The topological polar surface area (TPSA) is 46.2 Å². The zero-order chi connectivity index (χ0) is 7.40. The van der Waals surface area contributed by atoms with Gasteiger partial charge in [-0.15, -0.1) is 0 Å². The lowest BCUT2D eigenvalue weighted by Gasteiger charge is -2.12. The van der Waals surface area contributed by atoms with E-state index in [0.717, 1.165) is 25.8 Å². The highest BCUT2D eigenvalue weighted by Gasteiger charge is 2.23. The maximum Gasteiger partial charge on any atom is 0.0568 e. The molecule has 2 nitrogen and oxygen atoms in total. The Hall–Kier alpha value is -0.0800. The first-order valence-electron chi connectivity index (χ1n) is 4.22. The molecule has 0 radical (unpaired) electrons. The van der Waals surface area contributed by atoms with Crippen LogP contribution in [0.15, 0.2) is 0 Å². The van der Waals surface area contributed by atoms with Gasteiger partial charge in [-0.05, 0) is 38.1 Å². The molecule has 2 atom stereocenters. The molecule has 1 rings (SSSR count). The Balaban J connectivity index is 2.14. The Bertz CT molecular complexity index is 95.3. The number of hydrogen-bond acceptors (Lipinski definition) is 2. The van der Waals surface area contributed by atoms with Gasteiger partial charge in [0.2, 0.25) is 0 Å². The zero-order valence-electron chi connectivity index (χ0n) is 6.42. The fraction of sp³-hybridized carbons (Fsp3) is 1.00. The van der Waals surface area contributed by atoms with Crippen molar-refractivity contribution in [3.05, 3.63) is 0 Å². The largest absolute Gasteiger partial charge is 0.393 e. The molecular formula is C8H17NO. The second kappa shape index (κ2) is 3.94. The van der Waals surface area contributed by atoms with Crippen LogP contribution in [0.1, 0.15) is 32.1 Å². The summed E-state index contributed by atoms with van der Waals surface area (Å²) in [6.45, 7) is 0.767. The average molecular weight is 143 g/mol. The Morgan fingerprint density at radius 1 is 1.40 bits per heavy atom. The molecule has 0 bridgehead atoms. The van der Waals surface area contributed by atoms with Crippen LogP contribution >= 0.6 is 0 Å². The highest BCUT2D eigenvalue weighted by molar-refractivity contribution is 4.76. The van der Waals surface area contributed by atoms with Crippen LogP contribution in [0.5, 0.6) is 0 Å². The van der Waals surface area contributed by atoms with E-state index < -0.39 is 0 Å². The predicted molar refractivity (Wildman–Crippen MR) is 41.6 cm³/mol. The molecule has 0 aromatic carbocycles. The van der Waals surface area contributed by atoms with Crippen molar-refractivity contribution < 1.29 is 5.11 Å². The summed E-state index contributed by atoms with van der Waals surface area (Å²) in [5.41, 5.74) is 5.37. The number of aliphatic hydroxyl groups is 1. The molecule has 0 heterocycles. The molecule has 60 valence electrons. The van der Waals surface area contributed by atoms with E-state index in [1.165, 1.54) is 12.8 Å². The van der Waals surface area contributed by atoms with Gasteiger partial charge in [0.1, 0.15) is 0 Å². The fourth-order valence-electron chi connectivity index (χ4n) is 1.73. The van der Waals surface area contributed by atoms with Gasteiger partial charge < -0.3 is 10.8 Å². The monoisotopic (exact) mass is 143 g/mol. The highest BCUT2D eigenvalue weighted by atomic mass is 16.3. The SMILES string of the molecule is NCCC[C@@H]1CCC[C@H]1O. The van der Waals surface area contributed by atoms with Gasteiger partial charge in [-0.2, -0.15) is 0 Å². The summed E-state index contributed by atoms with van der Waals surface area (Å²) in [5, 5.41) is 9.37. The second-order valence-electron chi connectivity index (χ2n) is 3.19. The lowest BCUT2D eigenvalue weighted by Crippen LogP contribution is -2.14. The van der Waals surface area contributed by atoms with Crippen LogP contribution in [0, 0.1) is 5.92 Å². The molecular weight excluding hydrogens is 126 g/mol. The fourth-order valence-corrected chi connectivity index (χ4v) is 1.73. The molecule has 10 heavy (non-hydrogen) atoms. The quantitative estimate of drug-likeness (QED) is 0.616. The van der Waals surface area contributed by atoms with E-state index in [4.69, 9.17) is 5.73 Å². The number of rotatable bonds is 3. The van der Waals surface area contributed by atoms with Gasteiger partial charge in [0.15, 0.2) is 0 Å².